The van der Waals surface area contributed by atoms with Crippen LogP contribution in [0.4, 0.5) is 0 Å². The number of allylic oxidation sites excluding steroid dienone is 2. The molecule has 1 aliphatic rings. The van der Waals surface area contributed by atoms with Crippen LogP contribution in [0.2, 0.25) is 0 Å². The number of rotatable bonds is 1. The Morgan fingerprint density at radius 2 is 2.24 bits per heavy atom. The van der Waals surface area contributed by atoms with Crippen LogP contribution in [-0.2, 0) is 0 Å². The molecule has 0 saturated carbocycles. The minimum Gasteiger partial charge on any atom is -0.353 e. The number of hydrogen-bond acceptors (Lipinski definition) is 1. The Morgan fingerprint density at radius 1 is 1.35 bits per heavy atom. The number of fused-ring (bicyclic) bond motifs is 3. The third kappa shape index (κ3) is 1.60. The van der Waals surface area contributed by atoms with Crippen molar-refractivity contribution in [3.05, 3.63) is 40.7 Å². The molecular weight excluding hydrogens is 208 g/mol. The first-order valence-electron chi connectivity index (χ1n) is 6.11. The average Bonchev–Trinajstić information content (AvgIpc) is 2.52. The number of pyridine rings is 1. The van der Waals surface area contributed by atoms with Gasteiger partial charge in [0.1, 0.15) is 0 Å². The van der Waals surface area contributed by atoms with Crippen molar-refractivity contribution >= 4 is 23.1 Å². The molecule has 3 rings (SSSR count). The van der Waals surface area contributed by atoms with E-state index in [0.717, 1.165) is 12.1 Å². The highest BCUT2D eigenvalue weighted by Crippen LogP contribution is 2.18. The SMILES string of the molecule is CC(C)c1nccc2c3c([nH]c12)=CC=CCC=3. The van der Waals surface area contributed by atoms with Gasteiger partial charge in [-0.2, -0.15) is 0 Å². The Bertz CT molecular complexity index is 702. The quantitative estimate of drug-likeness (QED) is 0.790. The summed E-state index contributed by atoms with van der Waals surface area (Å²) in [5.74, 6) is 0.441. The smallest absolute Gasteiger partial charge is 0.0686 e. The monoisotopic (exact) mass is 224 g/mol. The van der Waals surface area contributed by atoms with Crippen LogP contribution in [0.15, 0.2) is 24.4 Å². The standard InChI is InChI=1S/C15H16N2/c1-10(2)14-15-12(8-9-16-14)11-6-4-3-5-7-13(11)17-15/h3,5-10,17H,4H2,1-2H3. The van der Waals surface area contributed by atoms with E-state index in [2.05, 4.69) is 54.2 Å². The highest BCUT2D eigenvalue weighted by atomic mass is 14.8. The first kappa shape index (κ1) is 10.3. The summed E-state index contributed by atoms with van der Waals surface area (Å²) >= 11 is 0. The van der Waals surface area contributed by atoms with E-state index in [0.29, 0.717) is 5.92 Å². The predicted octanol–water partition coefficient (Wildman–Crippen LogP) is 2.21. The molecule has 0 aromatic carbocycles. The normalized spacial score (nSPS) is 14.3. The van der Waals surface area contributed by atoms with Crippen molar-refractivity contribution in [3.63, 3.8) is 0 Å². The predicted molar refractivity (Wildman–Crippen MR) is 72.1 cm³/mol. The van der Waals surface area contributed by atoms with Gasteiger partial charge in [-0.1, -0.05) is 32.1 Å². The van der Waals surface area contributed by atoms with Crippen molar-refractivity contribution < 1.29 is 0 Å². The van der Waals surface area contributed by atoms with Crippen molar-refractivity contribution in [3.8, 4) is 0 Å². The highest BCUT2D eigenvalue weighted by molar-refractivity contribution is 5.83. The molecule has 0 unspecified atom stereocenters. The van der Waals surface area contributed by atoms with Gasteiger partial charge in [-0.25, -0.2) is 0 Å². The van der Waals surface area contributed by atoms with Crippen LogP contribution in [0, 0.1) is 0 Å². The molecule has 17 heavy (non-hydrogen) atoms. The second-order valence-corrected chi connectivity index (χ2v) is 4.76. The van der Waals surface area contributed by atoms with E-state index in [-0.39, 0.29) is 0 Å². The summed E-state index contributed by atoms with van der Waals surface area (Å²) in [6.45, 7) is 4.36. The first-order chi connectivity index (χ1) is 8.27. The van der Waals surface area contributed by atoms with Gasteiger partial charge in [0.25, 0.3) is 0 Å². The lowest BCUT2D eigenvalue weighted by atomic mass is 10.1. The van der Waals surface area contributed by atoms with Gasteiger partial charge < -0.3 is 4.98 Å². The van der Waals surface area contributed by atoms with Gasteiger partial charge in [0, 0.05) is 22.2 Å². The zero-order chi connectivity index (χ0) is 11.8. The average molecular weight is 224 g/mol. The molecule has 0 bridgehead atoms. The van der Waals surface area contributed by atoms with Crippen molar-refractivity contribution in [1.82, 2.24) is 9.97 Å². The molecule has 0 fully saturated rings. The van der Waals surface area contributed by atoms with Crippen LogP contribution >= 0.6 is 0 Å². The molecule has 2 aromatic rings. The van der Waals surface area contributed by atoms with Gasteiger partial charge in [0.15, 0.2) is 0 Å². The third-order valence-corrected chi connectivity index (χ3v) is 3.22. The summed E-state index contributed by atoms with van der Waals surface area (Å²) in [6, 6.07) is 2.10. The molecule has 1 N–H and O–H groups in total. The number of aromatic amines is 1. The van der Waals surface area contributed by atoms with E-state index >= 15 is 0 Å². The Hall–Kier alpha value is -1.83. The van der Waals surface area contributed by atoms with Crippen molar-refractivity contribution in [2.75, 3.05) is 0 Å². The van der Waals surface area contributed by atoms with Crippen molar-refractivity contribution in [2.24, 2.45) is 0 Å². The van der Waals surface area contributed by atoms with Crippen LogP contribution in [0.3, 0.4) is 0 Å². The molecule has 1 aliphatic carbocycles. The molecule has 2 heterocycles. The Kier molecular flexibility index (Phi) is 2.36. The molecule has 2 nitrogen and oxygen atoms in total. The largest absolute Gasteiger partial charge is 0.353 e. The lowest BCUT2D eigenvalue weighted by molar-refractivity contribution is 0.831. The fourth-order valence-corrected chi connectivity index (χ4v) is 2.40. The summed E-state index contributed by atoms with van der Waals surface area (Å²) in [5, 5.41) is 3.80. The molecule has 0 aliphatic heterocycles. The molecule has 0 atom stereocenters. The topological polar surface area (TPSA) is 28.7 Å². The molecule has 2 aromatic heterocycles. The highest BCUT2D eigenvalue weighted by Gasteiger charge is 2.09. The fraction of sp³-hybridized carbons (Fsp3) is 0.267. The van der Waals surface area contributed by atoms with Gasteiger partial charge >= 0.3 is 0 Å². The maximum Gasteiger partial charge on any atom is 0.0686 e. The van der Waals surface area contributed by atoms with Gasteiger partial charge in [0.05, 0.1) is 11.2 Å². The van der Waals surface area contributed by atoms with Gasteiger partial charge in [0.2, 0.25) is 0 Å². The lowest BCUT2D eigenvalue weighted by Gasteiger charge is -2.04. The minimum atomic E-state index is 0.441. The summed E-state index contributed by atoms with van der Waals surface area (Å²) in [6.07, 6.45) is 11.6. The third-order valence-electron chi connectivity index (χ3n) is 3.22. The lowest BCUT2D eigenvalue weighted by Crippen LogP contribution is -2.21. The minimum absolute atomic E-state index is 0.441. The Morgan fingerprint density at radius 3 is 3.06 bits per heavy atom. The van der Waals surface area contributed by atoms with Gasteiger partial charge in [-0.05, 0) is 24.5 Å². The van der Waals surface area contributed by atoms with Crippen LogP contribution in [0.5, 0.6) is 0 Å². The van der Waals surface area contributed by atoms with Crippen LogP contribution in [0.25, 0.3) is 23.1 Å². The van der Waals surface area contributed by atoms with E-state index in [1.807, 2.05) is 6.20 Å². The van der Waals surface area contributed by atoms with Gasteiger partial charge in [-0.15, -0.1) is 0 Å². The Labute approximate surface area is 100 Å². The molecule has 0 amide bonds. The van der Waals surface area contributed by atoms with Crippen LogP contribution < -0.4 is 10.6 Å². The number of hydrogen-bond donors (Lipinski definition) is 1. The van der Waals surface area contributed by atoms with Crippen LogP contribution in [0.1, 0.15) is 31.9 Å². The number of aromatic nitrogens is 2. The molecule has 0 saturated heterocycles. The summed E-state index contributed by atoms with van der Waals surface area (Å²) in [5.41, 5.74) is 2.34. The summed E-state index contributed by atoms with van der Waals surface area (Å²) < 4.78 is 0. The summed E-state index contributed by atoms with van der Waals surface area (Å²) in [4.78, 5) is 8.00. The zero-order valence-electron chi connectivity index (χ0n) is 10.2. The zero-order valence-corrected chi connectivity index (χ0v) is 10.2. The van der Waals surface area contributed by atoms with E-state index < -0.39 is 0 Å². The van der Waals surface area contributed by atoms with E-state index in [4.69, 9.17) is 0 Å². The van der Waals surface area contributed by atoms with Gasteiger partial charge in [-0.3, -0.25) is 4.98 Å². The van der Waals surface area contributed by atoms with Crippen LogP contribution in [-0.4, -0.2) is 9.97 Å². The van der Waals surface area contributed by atoms with E-state index in [1.165, 1.54) is 21.5 Å². The van der Waals surface area contributed by atoms with Crippen molar-refractivity contribution in [2.45, 2.75) is 26.2 Å². The maximum absolute atomic E-state index is 4.50. The number of nitrogens with one attached hydrogen (secondary N) is 1. The second-order valence-electron chi connectivity index (χ2n) is 4.76. The van der Waals surface area contributed by atoms with E-state index in [9.17, 15) is 0 Å². The molecule has 2 heteroatoms. The molecule has 0 radical (unpaired) electrons. The maximum atomic E-state index is 4.50. The van der Waals surface area contributed by atoms with Crippen molar-refractivity contribution in [1.29, 1.82) is 0 Å². The number of H-pyrrole nitrogens is 1. The number of nitrogens with zero attached hydrogens (tertiary/aromatic N) is 1. The summed E-state index contributed by atoms with van der Waals surface area (Å²) in [7, 11) is 0. The Balaban J connectivity index is 2.47. The molecule has 86 valence electrons. The molecule has 0 spiro atoms. The fourth-order valence-electron chi connectivity index (χ4n) is 2.40. The second kappa shape index (κ2) is 3.88. The molecular formula is C15H16N2. The van der Waals surface area contributed by atoms with E-state index in [1.54, 1.807) is 0 Å². The first-order valence-corrected chi connectivity index (χ1v) is 6.11.